The summed E-state index contributed by atoms with van der Waals surface area (Å²) in [6.45, 7) is 8.18. The minimum absolute atomic E-state index is 0.0368. The van der Waals surface area contributed by atoms with Gasteiger partial charge in [-0.15, -0.1) is 5.10 Å². The molecule has 0 aliphatic rings. The van der Waals surface area contributed by atoms with Crippen molar-refractivity contribution in [1.82, 2.24) is 20.3 Å². The first-order valence-corrected chi connectivity index (χ1v) is 5.18. The van der Waals surface area contributed by atoms with Crippen LogP contribution in [-0.2, 0) is 11.3 Å². The molecule has 5 nitrogen and oxygen atoms in total. The molecule has 0 aliphatic carbocycles. The number of amides is 1. The van der Waals surface area contributed by atoms with E-state index in [1.807, 2.05) is 33.9 Å². The van der Waals surface area contributed by atoms with Crippen molar-refractivity contribution in [3.8, 4) is 0 Å². The highest BCUT2D eigenvalue weighted by Gasteiger charge is 2.08. The molecule has 1 aromatic heterocycles. The van der Waals surface area contributed by atoms with Crippen molar-refractivity contribution in [3.05, 3.63) is 11.9 Å². The number of carbonyl (C=O) groups excluding carboxylic acids is 1. The molecular formula is C10H18N4O. The summed E-state index contributed by atoms with van der Waals surface area (Å²) in [5, 5.41) is 10.7. The molecule has 0 radical (unpaired) electrons. The lowest BCUT2D eigenvalue weighted by Crippen LogP contribution is -2.33. The van der Waals surface area contributed by atoms with Crippen molar-refractivity contribution in [2.45, 2.75) is 46.2 Å². The van der Waals surface area contributed by atoms with Gasteiger partial charge in [0.25, 0.3) is 0 Å². The molecule has 1 rings (SSSR count). The van der Waals surface area contributed by atoms with E-state index in [1.165, 1.54) is 0 Å². The van der Waals surface area contributed by atoms with Gasteiger partial charge in [-0.25, -0.2) is 4.68 Å². The Morgan fingerprint density at radius 1 is 1.47 bits per heavy atom. The summed E-state index contributed by atoms with van der Waals surface area (Å²) in [5.41, 5.74) is 0.910. The van der Waals surface area contributed by atoms with Crippen LogP contribution in [0.25, 0.3) is 0 Å². The second kappa shape index (κ2) is 4.91. The largest absolute Gasteiger partial charge is 0.352 e. The number of hydrogen-bond acceptors (Lipinski definition) is 3. The molecule has 84 valence electrons. The van der Waals surface area contributed by atoms with Gasteiger partial charge in [0, 0.05) is 12.2 Å². The summed E-state index contributed by atoms with van der Waals surface area (Å²) in [7, 11) is 0. The molecule has 0 aliphatic heterocycles. The van der Waals surface area contributed by atoms with Crippen molar-refractivity contribution >= 4 is 5.91 Å². The van der Waals surface area contributed by atoms with Gasteiger partial charge >= 0.3 is 0 Å². The van der Waals surface area contributed by atoms with Crippen molar-refractivity contribution in [3.63, 3.8) is 0 Å². The summed E-state index contributed by atoms with van der Waals surface area (Å²) < 4.78 is 1.56. The van der Waals surface area contributed by atoms with Crippen LogP contribution in [0.15, 0.2) is 6.20 Å². The van der Waals surface area contributed by atoms with Crippen LogP contribution in [0.1, 0.15) is 39.3 Å². The van der Waals surface area contributed by atoms with E-state index in [1.54, 1.807) is 4.68 Å². The Bertz CT molecular complexity index is 330. The summed E-state index contributed by atoms with van der Waals surface area (Å²) in [4.78, 5) is 11.4. The number of hydrogen-bond donors (Lipinski definition) is 1. The van der Waals surface area contributed by atoms with Gasteiger partial charge < -0.3 is 5.32 Å². The van der Waals surface area contributed by atoms with Gasteiger partial charge in [-0.2, -0.15) is 0 Å². The third-order valence-corrected chi connectivity index (χ3v) is 1.90. The van der Waals surface area contributed by atoms with E-state index in [4.69, 9.17) is 0 Å². The van der Waals surface area contributed by atoms with Crippen LogP contribution in [0.5, 0.6) is 0 Å². The Kier molecular flexibility index (Phi) is 3.82. The second-order valence-electron chi connectivity index (χ2n) is 4.22. The quantitative estimate of drug-likeness (QED) is 0.804. The predicted octanol–water partition coefficient (Wildman–Crippen LogP) is 0.926. The van der Waals surface area contributed by atoms with Crippen molar-refractivity contribution in [2.75, 3.05) is 0 Å². The molecular weight excluding hydrogens is 192 g/mol. The van der Waals surface area contributed by atoms with Gasteiger partial charge in [0.1, 0.15) is 6.54 Å². The van der Waals surface area contributed by atoms with E-state index in [0.29, 0.717) is 5.92 Å². The molecule has 0 saturated carbocycles. The summed E-state index contributed by atoms with van der Waals surface area (Å²) >= 11 is 0. The van der Waals surface area contributed by atoms with E-state index >= 15 is 0 Å². The molecule has 1 heterocycles. The Labute approximate surface area is 89.9 Å². The van der Waals surface area contributed by atoms with Crippen LogP contribution in [-0.4, -0.2) is 26.9 Å². The summed E-state index contributed by atoms with van der Waals surface area (Å²) in [5.74, 6) is 0.303. The molecule has 0 unspecified atom stereocenters. The smallest absolute Gasteiger partial charge is 0.241 e. The molecule has 0 bridgehead atoms. The highest BCUT2D eigenvalue weighted by molar-refractivity contribution is 5.75. The van der Waals surface area contributed by atoms with Crippen molar-refractivity contribution < 1.29 is 4.79 Å². The normalized spacial score (nSPS) is 11.1. The Morgan fingerprint density at radius 2 is 2.13 bits per heavy atom. The molecule has 0 spiro atoms. The standard InChI is InChI=1S/C10H18N4O/c1-7(2)9-5-14(13-12-9)6-10(15)11-8(3)4/h5,7-8H,6H2,1-4H3,(H,11,15). The lowest BCUT2D eigenvalue weighted by atomic mass is 10.2. The number of carbonyl (C=O) groups is 1. The molecule has 1 aromatic rings. The Balaban J connectivity index is 2.53. The zero-order valence-corrected chi connectivity index (χ0v) is 9.69. The first-order chi connectivity index (χ1) is 6.99. The van der Waals surface area contributed by atoms with E-state index in [2.05, 4.69) is 15.6 Å². The van der Waals surface area contributed by atoms with Gasteiger partial charge in [-0.3, -0.25) is 4.79 Å². The Hall–Kier alpha value is -1.39. The number of rotatable bonds is 4. The number of nitrogens with one attached hydrogen (secondary N) is 1. The summed E-state index contributed by atoms with van der Waals surface area (Å²) in [6.07, 6.45) is 1.81. The monoisotopic (exact) mass is 210 g/mol. The van der Waals surface area contributed by atoms with Gasteiger partial charge in [0.05, 0.1) is 5.69 Å². The fourth-order valence-corrected chi connectivity index (χ4v) is 1.17. The molecule has 0 fully saturated rings. The van der Waals surface area contributed by atoms with Crippen LogP contribution in [0.3, 0.4) is 0 Å². The van der Waals surface area contributed by atoms with E-state index in [9.17, 15) is 4.79 Å². The van der Waals surface area contributed by atoms with Crippen LogP contribution in [0.4, 0.5) is 0 Å². The zero-order valence-electron chi connectivity index (χ0n) is 9.69. The summed E-state index contributed by atoms with van der Waals surface area (Å²) in [6, 6.07) is 0.158. The SMILES string of the molecule is CC(C)NC(=O)Cn1cc(C(C)C)nn1. The molecule has 5 heteroatoms. The molecule has 0 aromatic carbocycles. The lowest BCUT2D eigenvalue weighted by Gasteiger charge is -2.07. The van der Waals surface area contributed by atoms with Crippen LogP contribution < -0.4 is 5.32 Å². The predicted molar refractivity (Wildman–Crippen MR) is 57.4 cm³/mol. The number of aromatic nitrogens is 3. The van der Waals surface area contributed by atoms with Gasteiger partial charge in [0.15, 0.2) is 0 Å². The van der Waals surface area contributed by atoms with Gasteiger partial charge in [0.2, 0.25) is 5.91 Å². The highest BCUT2D eigenvalue weighted by Crippen LogP contribution is 2.08. The topological polar surface area (TPSA) is 59.8 Å². The average Bonchev–Trinajstić information content (AvgIpc) is 2.50. The second-order valence-corrected chi connectivity index (χ2v) is 4.22. The third-order valence-electron chi connectivity index (χ3n) is 1.90. The molecule has 0 saturated heterocycles. The van der Waals surface area contributed by atoms with Crippen LogP contribution >= 0.6 is 0 Å². The first-order valence-electron chi connectivity index (χ1n) is 5.18. The fourth-order valence-electron chi connectivity index (χ4n) is 1.17. The maximum absolute atomic E-state index is 11.4. The third kappa shape index (κ3) is 3.69. The fraction of sp³-hybridized carbons (Fsp3) is 0.700. The molecule has 1 amide bonds. The Morgan fingerprint density at radius 3 is 2.60 bits per heavy atom. The van der Waals surface area contributed by atoms with Crippen LogP contribution in [0, 0.1) is 0 Å². The van der Waals surface area contributed by atoms with E-state index in [-0.39, 0.29) is 18.5 Å². The lowest BCUT2D eigenvalue weighted by molar-refractivity contribution is -0.122. The van der Waals surface area contributed by atoms with Crippen LogP contribution in [0.2, 0.25) is 0 Å². The van der Waals surface area contributed by atoms with Crippen molar-refractivity contribution in [1.29, 1.82) is 0 Å². The maximum atomic E-state index is 11.4. The highest BCUT2D eigenvalue weighted by atomic mass is 16.2. The molecule has 0 atom stereocenters. The number of nitrogens with zero attached hydrogens (tertiary/aromatic N) is 3. The zero-order chi connectivity index (χ0) is 11.4. The minimum atomic E-state index is -0.0368. The first kappa shape index (κ1) is 11.7. The molecule has 15 heavy (non-hydrogen) atoms. The maximum Gasteiger partial charge on any atom is 0.241 e. The van der Waals surface area contributed by atoms with Gasteiger partial charge in [-0.1, -0.05) is 19.1 Å². The average molecular weight is 210 g/mol. The van der Waals surface area contributed by atoms with E-state index < -0.39 is 0 Å². The molecule has 1 N–H and O–H groups in total. The van der Waals surface area contributed by atoms with Crippen molar-refractivity contribution in [2.24, 2.45) is 0 Å². The van der Waals surface area contributed by atoms with Gasteiger partial charge in [-0.05, 0) is 19.8 Å². The van der Waals surface area contributed by atoms with E-state index in [0.717, 1.165) is 5.69 Å². The minimum Gasteiger partial charge on any atom is -0.352 e.